The second kappa shape index (κ2) is 6.57. The molecule has 0 saturated heterocycles. The predicted octanol–water partition coefficient (Wildman–Crippen LogP) is 3.94. The van der Waals surface area contributed by atoms with Gasteiger partial charge in [0.15, 0.2) is 0 Å². The van der Waals surface area contributed by atoms with Gasteiger partial charge in [0.05, 0.1) is 40.0 Å². The molecular weight excluding hydrogens is 350 g/mol. The maximum absolute atomic E-state index is 12.7. The van der Waals surface area contributed by atoms with Crippen LogP contribution in [0.4, 0.5) is 5.82 Å². The zero-order valence-corrected chi connectivity index (χ0v) is 14.3. The van der Waals surface area contributed by atoms with Crippen molar-refractivity contribution in [1.29, 1.82) is 0 Å². The topological polar surface area (TPSA) is 72.7 Å². The van der Waals surface area contributed by atoms with Crippen LogP contribution in [0.25, 0.3) is 22.2 Å². The van der Waals surface area contributed by atoms with Crippen LogP contribution < -0.4 is 5.32 Å². The molecule has 0 spiro atoms. The Morgan fingerprint density at radius 3 is 2.77 bits per heavy atom. The first-order chi connectivity index (χ1) is 14.3. The number of nitrogens with one attached hydrogen (secondary N) is 1. The van der Waals surface area contributed by atoms with Gasteiger partial charge in [-0.1, -0.05) is 23.7 Å². The van der Waals surface area contributed by atoms with Crippen molar-refractivity contribution in [2.75, 3.05) is 5.32 Å². The minimum atomic E-state index is -0.778. The number of aromatic nitrogens is 4. The minimum Gasteiger partial charge on any atom is -0.332 e. The molecule has 0 aliphatic heterocycles. The van der Waals surface area contributed by atoms with E-state index in [0.29, 0.717) is 5.69 Å². The second-order valence-electron chi connectivity index (χ2n) is 5.52. The maximum atomic E-state index is 12.7. The molecule has 0 aliphatic carbocycles. The first kappa shape index (κ1) is 12.2. The SMILES string of the molecule is [2H]c1c([2H])c([2H])c(C(=O)Nc2cc3cc(-c4cncn4C)ncc3cn2)c(Cl)c1[2H]. The highest BCUT2D eigenvalue weighted by Crippen LogP contribution is 2.23. The van der Waals surface area contributed by atoms with E-state index in [1.54, 1.807) is 31.0 Å². The number of hydrogen-bond acceptors (Lipinski definition) is 4. The number of benzene rings is 1. The molecule has 6 nitrogen and oxygen atoms in total. The molecule has 1 amide bonds. The van der Waals surface area contributed by atoms with E-state index in [2.05, 4.69) is 20.3 Å². The molecule has 0 bridgehead atoms. The summed E-state index contributed by atoms with van der Waals surface area (Å²) in [5.74, 6) is -0.571. The van der Waals surface area contributed by atoms with Crippen molar-refractivity contribution in [2.45, 2.75) is 0 Å². The third kappa shape index (κ3) is 3.02. The summed E-state index contributed by atoms with van der Waals surface area (Å²) in [7, 11) is 1.86. The lowest BCUT2D eigenvalue weighted by Gasteiger charge is -2.08. The lowest BCUT2D eigenvalue weighted by Crippen LogP contribution is -2.13. The number of halogens is 1. The number of pyridine rings is 2. The van der Waals surface area contributed by atoms with Crippen LogP contribution in [0.2, 0.25) is 5.02 Å². The molecule has 26 heavy (non-hydrogen) atoms. The molecule has 4 aromatic rings. The molecule has 0 fully saturated rings. The van der Waals surface area contributed by atoms with Gasteiger partial charge in [-0.05, 0) is 29.6 Å². The van der Waals surface area contributed by atoms with Crippen LogP contribution in [0.15, 0.2) is 61.2 Å². The molecular formula is C19H14ClN5O. The molecule has 1 N–H and O–H groups in total. The first-order valence-electron chi connectivity index (χ1n) is 9.57. The van der Waals surface area contributed by atoms with Crippen LogP contribution in [-0.2, 0) is 7.05 Å². The number of imidazole rings is 1. The van der Waals surface area contributed by atoms with Crippen LogP contribution in [0.5, 0.6) is 0 Å². The van der Waals surface area contributed by atoms with E-state index in [-0.39, 0.29) is 16.4 Å². The van der Waals surface area contributed by atoms with Gasteiger partial charge in [0.25, 0.3) is 5.91 Å². The van der Waals surface area contributed by atoms with Gasteiger partial charge in [0.1, 0.15) is 5.82 Å². The van der Waals surface area contributed by atoms with Gasteiger partial charge in [-0.15, -0.1) is 0 Å². The van der Waals surface area contributed by atoms with Crippen molar-refractivity contribution in [3.63, 3.8) is 0 Å². The Morgan fingerprint density at radius 2 is 1.96 bits per heavy atom. The summed E-state index contributed by atoms with van der Waals surface area (Å²) >= 11 is 6.02. The zero-order chi connectivity index (χ0) is 21.6. The number of rotatable bonds is 3. The molecule has 1 aromatic carbocycles. The van der Waals surface area contributed by atoms with Gasteiger partial charge >= 0.3 is 0 Å². The Bertz CT molecular complexity index is 1300. The van der Waals surface area contributed by atoms with E-state index < -0.39 is 30.1 Å². The Morgan fingerprint density at radius 1 is 1.15 bits per heavy atom. The van der Waals surface area contributed by atoms with E-state index in [1.807, 2.05) is 17.7 Å². The molecule has 4 rings (SSSR count). The summed E-state index contributed by atoms with van der Waals surface area (Å²) in [4.78, 5) is 25.4. The Hall–Kier alpha value is -3.25. The molecule has 7 heteroatoms. The quantitative estimate of drug-likeness (QED) is 0.595. The monoisotopic (exact) mass is 367 g/mol. The van der Waals surface area contributed by atoms with Gasteiger partial charge in [-0.3, -0.25) is 9.78 Å². The second-order valence-corrected chi connectivity index (χ2v) is 5.90. The number of aryl methyl sites for hydroxylation is 1. The number of anilines is 1. The Balaban J connectivity index is 1.71. The van der Waals surface area contributed by atoms with Crippen LogP contribution in [0.1, 0.15) is 15.8 Å². The number of amides is 1. The van der Waals surface area contributed by atoms with Gasteiger partial charge in [0.2, 0.25) is 0 Å². The summed E-state index contributed by atoms with van der Waals surface area (Å²) in [6.45, 7) is 0. The summed E-state index contributed by atoms with van der Waals surface area (Å²) in [6, 6.07) is 1.47. The fraction of sp³-hybridized carbons (Fsp3) is 0.0526. The van der Waals surface area contributed by atoms with Gasteiger partial charge in [0, 0.05) is 24.8 Å². The van der Waals surface area contributed by atoms with Crippen molar-refractivity contribution < 1.29 is 10.3 Å². The first-order valence-corrected chi connectivity index (χ1v) is 7.95. The lowest BCUT2D eigenvalue weighted by atomic mass is 10.1. The van der Waals surface area contributed by atoms with Crippen LogP contribution in [-0.4, -0.2) is 25.4 Å². The Labute approximate surface area is 160 Å². The van der Waals surface area contributed by atoms with E-state index in [0.717, 1.165) is 16.5 Å². The normalized spacial score (nSPS) is 13.0. The number of hydrogen-bond donors (Lipinski definition) is 1. The van der Waals surface area contributed by atoms with Crippen molar-refractivity contribution in [2.24, 2.45) is 7.05 Å². The number of carbonyl (C=O) groups is 1. The lowest BCUT2D eigenvalue weighted by molar-refractivity contribution is 0.102. The largest absolute Gasteiger partial charge is 0.332 e. The van der Waals surface area contributed by atoms with E-state index in [4.69, 9.17) is 17.1 Å². The zero-order valence-electron chi connectivity index (χ0n) is 17.5. The molecule has 0 radical (unpaired) electrons. The predicted molar refractivity (Wildman–Crippen MR) is 101 cm³/mol. The van der Waals surface area contributed by atoms with Crippen LogP contribution in [0, 0.1) is 0 Å². The fourth-order valence-corrected chi connectivity index (χ4v) is 2.66. The highest BCUT2D eigenvalue weighted by atomic mass is 35.5. The van der Waals surface area contributed by atoms with E-state index >= 15 is 0 Å². The van der Waals surface area contributed by atoms with Gasteiger partial charge in [-0.25, -0.2) is 9.97 Å². The molecule has 0 unspecified atom stereocenters. The van der Waals surface area contributed by atoms with Crippen molar-refractivity contribution in [3.05, 3.63) is 71.8 Å². The van der Waals surface area contributed by atoms with Crippen molar-refractivity contribution in [3.8, 4) is 11.4 Å². The summed E-state index contributed by atoms with van der Waals surface area (Å²) in [5, 5.41) is 3.74. The van der Waals surface area contributed by atoms with Crippen molar-refractivity contribution >= 4 is 34.1 Å². The van der Waals surface area contributed by atoms with E-state index in [1.165, 1.54) is 0 Å². The molecule has 0 saturated carbocycles. The fourth-order valence-electron chi connectivity index (χ4n) is 2.48. The van der Waals surface area contributed by atoms with Crippen LogP contribution >= 0.6 is 11.6 Å². The van der Waals surface area contributed by atoms with Gasteiger partial charge < -0.3 is 9.88 Å². The number of fused-ring (bicyclic) bond motifs is 1. The van der Waals surface area contributed by atoms with Crippen LogP contribution in [0.3, 0.4) is 0 Å². The number of carbonyl (C=O) groups excluding carboxylic acids is 1. The third-order valence-electron chi connectivity index (χ3n) is 3.79. The molecule has 3 aromatic heterocycles. The number of nitrogens with zero attached hydrogens (tertiary/aromatic N) is 4. The molecule has 0 atom stereocenters. The molecule has 0 aliphatic rings. The minimum absolute atomic E-state index is 0.207. The highest BCUT2D eigenvalue weighted by Gasteiger charge is 2.11. The van der Waals surface area contributed by atoms with Crippen molar-refractivity contribution in [1.82, 2.24) is 19.5 Å². The molecule has 128 valence electrons. The maximum Gasteiger partial charge on any atom is 0.258 e. The smallest absolute Gasteiger partial charge is 0.258 e. The summed E-state index contributed by atoms with van der Waals surface area (Å²) < 4.78 is 33.0. The third-order valence-corrected chi connectivity index (χ3v) is 4.08. The summed E-state index contributed by atoms with van der Waals surface area (Å²) in [5.41, 5.74) is 1.19. The summed E-state index contributed by atoms with van der Waals surface area (Å²) in [6.07, 6.45) is 6.58. The van der Waals surface area contributed by atoms with Gasteiger partial charge in [-0.2, -0.15) is 0 Å². The molecule has 3 heterocycles. The van der Waals surface area contributed by atoms with E-state index in [9.17, 15) is 4.79 Å². The highest BCUT2D eigenvalue weighted by molar-refractivity contribution is 6.34. The Kier molecular flexibility index (Phi) is 3.07. The standard InChI is InChI=1S/C19H14ClN5O/c1-25-11-21-10-17(25)16-6-12-7-18(23-9-13(12)8-22-16)24-19(26)14-4-2-3-5-15(14)20/h2-11H,1H3,(H,23,24,26)/i2D,3D,4D,5D. The average molecular weight is 368 g/mol. The average Bonchev–Trinajstić information content (AvgIpc) is 3.16.